The number of aromatic nitrogens is 6. The van der Waals surface area contributed by atoms with Gasteiger partial charge in [0.1, 0.15) is 11.1 Å². The van der Waals surface area contributed by atoms with Gasteiger partial charge >= 0.3 is 6.09 Å². The molecule has 17 nitrogen and oxygen atoms in total. The van der Waals surface area contributed by atoms with Gasteiger partial charge in [0.05, 0.1) is 66.9 Å². The Bertz CT molecular complexity index is 3110. The van der Waals surface area contributed by atoms with Crippen LogP contribution in [0.3, 0.4) is 0 Å². The van der Waals surface area contributed by atoms with Crippen LogP contribution < -0.4 is 21.7 Å². The van der Waals surface area contributed by atoms with Crippen LogP contribution in [-0.2, 0) is 29.1 Å². The van der Waals surface area contributed by atoms with Gasteiger partial charge in [-0.25, -0.2) is 26.3 Å². The number of hydrogen-bond acceptors (Lipinski definition) is 14. The lowest BCUT2D eigenvalue weighted by molar-refractivity contribution is -0.0368. The fourth-order valence-corrected chi connectivity index (χ4v) is 11.2. The van der Waals surface area contributed by atoms with E-state index in [1.54, 1.807) is 12.1 Å². The number of fused-ring (bicyclic) bond motifs is 2. The molecule has 4 aromatic heterocycles. The Morgan fingerprint density at radius 1 is 0.789 bits per heavy atom. The molecule has 1 atom stereocenters. The molecule has 0 radical (unpaired) electrons. The third-order valence-corrected chi connectivity index (χ3v) is 15.5. The van der Waals surface area contributed by atoms with E-state index in [0.717, 1.165) is 150 Å². The van der Waals surface area contributed by atoms with Gasteiger partial charge < -0.3 is 31.2 Å². The second-order valence-corrected chi connectivity index (χ2v) is 24.3. The van der Waals surface area contributed by atoms with Crippen LogP contribution in [0.1, 0.15) is 132 Å². The summed E-state index contributed by atoms with van der Waals surface area (Å²) < 4.78 is 62.0. The highest BCUT2D eigenvalue weighted by Crippen LogP contribution is 2.48. The van der Waals surface area contributed by atoms with Gasteiger partial charge in [-0.2, -0.15) is 10.2 Å². The van der Waals surface area contributed by atoms with E-state index in [2.05, 4.69) is 30.8 Å². The number of pyridine rings is 2. The van der Waals surface area contributed by atoms with E-state index in [-0.39, 0.29) is 6.23 Å². The standard InChI is InChI=1S/C31H43N5O5S.C21H27N5O2S/c1-20-18-22(13-14-24(20)42(5,38)39)27-26-28(21-11-12-21)35-36(25-10-6-9-17-40-25)29(26)23(19-34-27)32-15-7-8-16-33-30(37)41-31(2,3)4;1-13-11-15(7-8-17(13)29(2,27)28)19-18-20(14-5-6-14)25-26-21(18)16(12-24-19)23-10-4-3-9-22/h13-14,18-19,21,25,32H,6-12,15-17H2,1-5H3,(H,33,37);7-8,11-12,14,23H,3-6,9-10,22H2,1-2H3,(H,25,26). The SMILES string of the molecule is Cc1cc(-c2ncc(NCCCCN)c3n[nH]c(C4CC4)c23)ccc1S(C)(=O)=O.Cc1cc(-c2ncc(NCCCCNC(=O)OC(C)(C)C)c3c2c(C2CC2)nn3C2CCCCO2)ccc1S(C)(=O)=O. The minimum atomic E-state index is -3.33. The molecule has 2 aliphatic carbocycles. The van der Waals surface area contributed by atoms with Crippen LogP contribution in [0.4, 0.5) is 16.2 Å². The molecule has 5 heterocycles. The number of ether oxygens (including phenoxy) is 2. The monoisotopic (exact) mass is 1010 g/mol. The minimum absolute atomic E-state index is 0.142. The fourth-order valence-electron chi connectivity index (χ4n) is 9.27. The van der Waals surface area contributed by atoms with Crippen molar-refractivity contribution in [2.24, 2.45) is 5.73 Å². The number of unbranched alkanes of at least 4 members (excludes halogenated alkanes) is 2. The van der Waals surface area contributed by atoms with Gasteiger partial charge in [0.25, 0.3) is 0 Å². The molecule has 2 saturated carbocycles. The number of nitrogens with two attached hydrogens (primary N) is 1. The molecule has 6 aromatic rings. The highest BCUT2D eigenvalue weighted by atomic mass is 32.2. The largest absolute Gasteiger partial charge is 0.444 e. The number of rotatable bonds is 18. The Kier molecular flexibility index (Phi) is 15.7. The van der Waals surface area contributed by atoms with Crippen molar-refractivity contribution in [1.82, 2.24) is 35.3 Å². The zero-order valence-corrected chi connectivity index (χ0v) is 43.8. The van der Waals surface area contributed by atoms with Crippen LogP contribution in [0.15, 0.2) is 58.6 Å². The number of carbonyl (C=O) groups excluding carboxylic acids is 1. The van der Waals surface area contributed by atoms with E-state index >= 15 is 0 Å². The molecular weight excluding hydrogens is 941 g/mol. The van der Waals surface area contributed by atoms with Crippen molar-refractivity contribution in [1.29, 1.82) is 0 Å². The second kappa shape index (κ2) is 21.6. The van der Waals surface area contributed by atoms with Crippen molar-refractivity contribution >= 4 is 58.9 Å². The third-order valence-electron chi connectivity index (χ3n) is 13.0. The molecule has 382 valence electrons. The first kappa shape index (κ1) is 51.7. The number of alkyl carbamates (subject to hydrolysis) is 1. The van der Waals surface area contributed by atoms with Gasteiger partial charge in [-0.15, -0.1) is 0 Å². The molecule has 1 aliphatic heterocycles. The predicted molar refractivity (Wildman–Crippen MR) is 280 cm³/mol. The van der Waals surface area contributed by atoms with E-state index in [4.69, 9.17) is 30.3 Å². The van der Waals surface area contributed by atoms with Crippen LogP contribution in [0.2, 0.25) is 0 Å². The quantitative estimate of drug-likeness (QED) is 0.0504. The van der Waals surface area contributed by atoms with Gasteiger partial charge in [0, 0.05) is 67.4 Å². The summed E-state index contributed by atoms with van der Waals surface area (Å²) in [6.07, 6.45) is 16.7. The molecular formula is C52H70N10O7S2. The van der Waals surface area contributed by atoms with Gasteiger partial charge in [-0.1, -0.05) is 12.1 Å². The minimum Gasteiger partial charge on any atom is -0.444 e. The molecule has 1 unspecified atom stereocenters. The number of benzene rings is 2. The van der Waals surface area contributed by atoms with Crippen LogP contribution in [0.5, 0.6) is 0 Å². The molecule has 1 saturated heterocycles. The Morgan fingerprint density at radius 3 is 1.92 bits per heavy atom. The highest BCUT2D eigenvalue weighted by molar-refractivity contribution is 7.91. The maximum absolute atomic E-state index is 12.3. The maximum Gasteiger partial charge on any atom is 0.407 e. The molecule has 0 spiro atoms. The lowest BCUT2D eigenvalue weighted by Gasteiger charge is -2.24. The van der Waals surface area contributed by atoms with Gasteiger partial charge in [0.15, 0.2) is 25.9 Å². The van der Waals surface area contributed by atoms with Crippen LogP contribution in [0.25, 0.3) is 44.3 Å². The van der Waals surface area contributed by atoms with Crippen molar-refractivity contribution in [2.75, 3.05) is 55.9 Å². The number of nitrogens with zero attached hydrogens (tertiary/aromatic N) is 5. The molecule has 0 bridgehead atoms. The molecule has 1 amide bonds. The molecule has 19 heteroatoms. The van der Waals surface area contributed by atoms with E-state index in [1.165, 1.54) is 12.5 Å². The Hall–Kier alpha value is -5.63. The molecule has 6 N–H and O–H groups in total. The number of hydrogen-bond donors (Lipinski definition) is 5. The van der Waals surface area contributed by atoms with Gasteiger partial charge in [-0.3, -0.25) is 15.1 Å². The molecule has 71 heavy (non-hydrogen) atoms. The predicted octanol–water partition coefficient (Wildman–Crippen LogP) is 9.47. The zero-order chi connectivity index (χ0) is 50.7. The summed E-state index contributed by atoms with van der Waals surface area (Å²) in [5.74, 6) is 0.868. The summed E-state index contributed by atoms with van der Waals surface area (Å²) >= 11 is 0. The first-order chi connectivity index (χ1) is 33.8. The summed E-state index contributed by atoms with van der Waals surface area (Å²) in [7, 11) is -6.58. The smallest absolute Gasteiger partial charge is 0.407 e. The Balaban J connectivity index is 0.000000204. The summed E-state index contributed by atoms with van der Waals surface area (Å²) in [4.78, 5) is 22.3. The summed E-state index contributed by atoms with van der Waals surface area (Å²) in [5.41, 5.74) is 15.7. The number of amides is 1. The summed E-state index contributed by atoms with van der Waals surface area (Å²) in [6.45, 7) is 12.6. The van der Waals surface area contributed by atoms with E-state index in [1.807, 2.05) is 71.3 Å². The van der Waals surface area contributed by atoms with Gasteiger partial charge in [0.2, 0.25) is 0 Å². The zero-order valence-electron chi connectivity index (χ0n) is 42.2. The number of sulfone groups is 2. The molecule has 3 fully saturated rings. The first-order valence-electron chi connectivity index (χ1n) is 25.0. The number of aryl methyl sites for hydroxylation is 2. The van der Waals surface area contributed by atoms with Crippen LogP contribution >= 0.6 is 0 Å². The molecule has 9 rings (SSSR count). The number of nitrogens with one attached hydrogen (secondary N) is 4. The normalized spacial score (nSPS) is 16.4. The lowest BCUT2D eigenvalue weighted by Crippen LogP contribution is -2.33. The number of carbonyl (C=O) groups is 1. The van der Waals surface area contributed by atoms with Gasteiger partial charge in [-0.05, 0) is 147 Å². The van der Waals surface area contributed by atoms with Crippen LogP contribution in [0, 0.1) is 13.8 Å². The summed E-state index contributed by atoms with van der Waals surface area (Å²) in [5, 5.41) is 24.9. The highest BCUT2D eigenvalue weighted by Gasteiger charge is 2.34. The van der Waals surface area contributed by atoms with E-state index in [9.17, 15) is 21.6 Å². The van der Waals surface area contributed by atoms with E-state index in [0.29, 0.717) is 53.4 Å². The summed E-state index contributed by atoms with van der Waals surface area (Å²) in [6, 6.07) is 10.8. The number of anilines is 2. The van der Waals surface area contributed by atoms with Crippen molar-refractivity contribution in [3.8, 4) is 22.5 Å². The first-order valence-corrected chi connectivity index (χ1v) is 28.8. The lowest BCUT2D eigenvalue weighted by atomic mass is 10.0. The maximum atomic E-state index is 12.3. The third kappa shape index (κ3) is 12.5. The number of H-pyrrole nitrogens is 1. The fraction of sp³-hybridized carbons (Fsp3) is 0.519. The average Bonchev–Trinajstić information content (AvgIpc) is 4.26. The topological polar surface area (TPSA) is 238 Å². The van der Waals surface area contributed by atoms with Crippen molar-refractivity contribution < 1.29 is 31.1 Å². The van der Waals surface area contributed by atoms with E-state index < -0.39 is 31.4 Å². The Labute approximate surface area is 417 Å². The second-order valence-electron chi connectivity index (χ2n) is 20.3. The Morgan fingerprint density at radius 2 is 1.37 bits per heavy atom. The van der Waals surface area contributed by atoms with Crippen LogP contribution in [-0.4, -0.2) is 104 Å². The van der Waals surface area contributed by atoms with Crippen molar-refractivity contribution in [3.63, 3.8) is 0 Å². The van der Waals surface area contributed by atoms with Crippen molar-refractivity contribution in [2.45, 2.75) is 139 Å². The van der Waals surface area contributed by atoms with Crippen molar-refractivity contribution in [3.05, 3.63) is 71.3 Å². The average molecular weight is 1010 g/mol. The number of aromatic amines is 1. The molecule has 3 aliphatic rings. The molecule has 2 aromatic carbocycles.